The van der Waals surface area contributed by atoms with Crippen LogP contribution in [-0.2, 0) is 9.84 Å². The van der Waals surface area contributed by atoms with Crippen molar-refractivity contribution < 1.29 is 8.42 Å². The summed E-state index contributed by atoms with van der Waals surface area (Å²) in [7, 11) is -2.87. The van der Waals surface area contributed by atoms with E-state index < -0.39 is 9.84 Å². The molecule has 0 fully saturated rings. The van der Waals surface area contributed by atoms with Gasteiger partial charge in [0.2, 0.25) is 0 Å². The fourth-order valence-electron chi connectivity index (χ4n) is 1.65. The zero-order chi connectivity index (χ0) is 11.4. The van der Waals surface area contributed by atoms with E-state index in [9.17, 15) is 8.42 Å². The minimum absolute atomic E-state index is 0.0392. The average molecular weight is 221 g/mol. The molecule has 0 saturated heterocycles. The Balaban J connectivity index is 4.10. The Morgan fingerprint density at radius 1 is 1.21 bits per heavy atom. The van der Waals surface area contributed by atoms with E-state index in [1.54, 1.807) is 0 Å². The van der Waals surface area contributed by atoms with E-state index in [0.717, 1.165) is 6.42 Å². The van der Waals surface area contributed by atoms with Crippen LogP contribution in [-0.4, -0.2) is 32.5 Å². The van der Waals surface area contributed by atoms with Crippen LogP contribution in [0, 0.1) is 5.92 Å². The molecule has 86 valence electrons. The van der Waals surface area contributed by atoms with Crippen molar-refractivity contribution in [3.63, 3.8) is 0 Å². The van der Waals surface area contributed by atoms with E-state index in [4.69, 9.17) is 0 Å². The lowest BCUT2D eigenvalue weighted by atomic mass is 10.0. The van der Waals surface area contributed by atoms with Crippen LogP contribution < -0.4 is 5.32 Å². The van der Waals surface area contributed by atoms with E-state index in [-0.39, 0.29) is 11.8 Å². The Morgan fingerprint density at radius 2 is 1.71 bits per heavy atom. The van der Waals surface area contributed by atoms with Gasteiger partial charge in [0, 0.05) is 18.3 Å². The average Bonchev–Trinajstić information content (AvgIpc) is 1.96. The zero-order valence-electron chi connectivity index (χ0n) is 9.87. The summed E-state index contributed by atoms with van der Waals surface area (Å²) in [6.45, 7) is 8.33. The van der Waals surface area contributed by atoms with Crippen LogP contribution in [0.4, 0.5) is 0 Å². The summed E-state index contributed by atoms with van der Waals surface area (Å²) in [5.74, 6) is 0.762. The number of hydrogen-bond acceptors (Lipinski definition) is 3. The zero-order valence-corrected chi connectivity index (χ0v) is 10.7. The highest BCUT2D eigenvalue weighted by Crippen LogP contribution is 2.06. The molecule has 2 atom stereocenters. The minimum Gasteiger partial charge on any atom is -0.310 e. The summed E-state index contributed by atoms with van der Waals surface area (Å²) in [5.41, 5.74) is 0. The molecule has 0 aliphatic heterocycles. The second kappa shape index (κ2) is 5.71. The molecule has 0 heterocycles. The van der Waals surface area contributed by atoms with Crippen LogP contribution in [0.1, 0.15) is 34.1 Å². The van der Waals surface area contributed by atoms with E-state index in [2.05, 4.69) is 26.1 Å². The molecule has 1 N–H and O–H groups in total. The molecule has 0 aromatic carbocycles. The van der Waals surface area contributed by atoms with Gasteiger partial charge in [0.05, 0.1) is 5.75 Å². The molecule has 0 aromatic heterocycles. The summed E-state index contributed by atoms with van der Waals surface area (Å²) >= 11 is 0. The highest BCUT2D eigenvalue weighted by atomic mass is 32.2. The van der Waals surface area contributed by atoms with Gasteiger partial charge in [0.1, 0.15) is 9.84 Å². The molecule has 0 radical (unpaired) electrons. The van der Waals surface area contributed by atoms with Gasteiger partial charge in [0.15, 0.2) is 0 Å². The van der Waals surface area contributed by atoms with Gasteiger partial charge >= 0.3 is 0 Å². The van der Waals surface area contributed by atoms with Gasteiger partial charge in [-0.3, -0.25) is 0 Å². The maximum atomic E-state index is 11.0. The fourth-order valence-corrected chi connectivity index (χ4v) is 2.65. The van der Waals surface area contributed by atoms with Crippen LogP contribution in [0.25, 0.3) is 0 Å². The van der Waals surface area contributed by atoms with E-state index in [0.29, 0.717) is 12.0 Å². The lowest BCUT2D eigenvalue weighted by Gasteiger charge is -2.24. The molecule has 3 nitrogen and oxygen atoms in total. The van der Waals surface area contributed by atoms with Crippen molar-refractivity contribution in [1.82, 2.24) is 5.32 Å². The Bertz CT molecular complexity index is 247. The predicted molar refractivity (Wildman–Crippen MR) is 61.2 cm³/mol. The number of rotatable bonds is 6. The lowest BCUT2D eigenvalue weighted by molar-refractivity contribution is 0.362. The fraction of sp³-hybridized carbons (Fsp3) is 1.00. The van der Waals surface area contributed by atoms with E-state index >= 15 is 0 Å². The standard InChI is InChI=1S/C10H23NO2S/c1-6-10(8(2)3)11-9(4)7-14(5,12)13/h8-11H,6-7H2,1-5H3. The molecule has 0 aromatic rings. The van der Waals surface area contributed by atoms with Crippen LogP contribution in [0.5, 0.6) is 0 Å². The van der Waals surface area contributed by atoms with E-state index in [1.165, 1.54) is 6.26 Å². The van der Waals surface area contributed by atoms with Gasteiger partial charge in [-0.25, -0.2) is 8.42 Å². The molecule has 0 bridgehead atoms. The second-order valence-corrected chi connectivity index (χ2v) is 6.60. The molecule has 14 heavy (non-hydrogen) atoms. The van der Waals surface area contributed by atoms with Crippen molar-refractivity contribution in [3.05, 3.63) is 0 Å². The van der Waals surface area contributed by atoms with Crippen molar-refractivity contribution >= 4 is 9.84 Å². The van der Waals surface area contributed by atoms with Gasteiger partial charge in [-0.15, -0.1) is 0 Å². The van der Waals surface area contributed by atoms with Gasteiger partial charge in [-0.1, -0.05) is 20.8 Å². The molecule has 0 rings (SSSR count). The maximum Gasteiger partial charge on any atom is 0.148 e. The first kappa shape index (κ1) is 13.9. The number of nitrogens with one attached hydrogen (secondary N) is 1. The normalized spacial score (nSPS) is 17.0. The van der Waals surface area contributed by atoms with E-state index in [1.807, 2.05) is 6.92 Å². The first-order chi connectivity index (χ1) is 6.26. The quantitative estimate of drug-likeness (QED) is 0.738. The third-order valence-corrected chi connectivity index (χ3v) is 3.40. The monoisotopic (exact) mass is 221 g/mol. The van der Waals surface area contributed by atoms with Gasteiger partial charge in [-0.2, -0.15) is 0 Å². The summed E-state index contributed by atoms with van der Waals surface area (Å²) < 4.78 is 22.1. The largest absolute Gasteiger partial charge is 0.310 e. The molecule has 4 heteroatoms. The maximum absolute atomic E-state index is 11.0. The highest BCUT2D eigenvalue weighted by Gasteiger charge is 2.16. The third-order valence-electron chi connectivity index (χ3n) is 2.30. The Morgan fingerprint density at radius 3 is 2.00 bits per heavy atom. The van der Waals surface area contributed by atoms with Crippen molar-refractivity contribution in [3.8, 4) is 0 Å². The first-order valence-corrected chi connectivity index (χ1v) is 7.26. The lowest BCUT2D eigenvalue weighted by Crippen LogP contribution is -2.42. The van der Waals surface area contributed by atoms with Crippen molar-refractivity contribution in [1.29, 1.82) is 0 Å². The highest BCUT2D eigenvalue weighted by molar-refractivity contribution is 7.90. The second-order valence-electron chi connectivity index (χ2n) is 4.42. The molecule has 0 amide bonds. The Hall–Kier alpha value is -0.0900. The first-order valence-electron chi connectivity index (χ1n) is 5.20. The van der Waals surface area contributed by atoms with Crippen molar-refractivity contribution in [2.75, 3.05) is 12.0 Å². The molecular formula is C10H23NO2S. The molecule has 0 aliphatic rings. The third kappa shape index (κ3) is 6.38. The SMILES string of the molecule is CCC(NC(C)CS(C)(=O)=O)C(C)C. The van der Waals surface area contributed by atoms with Crippen molar-refractivity contribution in [2.45, 2.75) is 46.2 Å². The Labute approximate surface area is 88.2 Å². The summed E-state index contributed by atoms with van der Waals surface area (Å²) in [4.78, 5) is 0. The summed E-state index contributed by atoms with van der Waals surface area (Å²) in [6.07, 6.45) is 2.31. The summed E-state index contributed by atoms with van der Waals surface area (Å²) in [5, 5.41) is 3.34. The summed E-state index contributed by atoms with van der Waals surface area (Å²) in [6, 6.07) is 0.448. The number of hydrogen-bond donors (Lipinski definition) is 1. The molecular weight excluding hydrogens is 198 g/mol. The van der Waals surface area contributed by atoms with Gasteiger partial charge < -0.3 is 5.32 Å². The van der Waals surface area contributed by atoms with Crippen LogP contribution in [0.15, 0.2) is 0 Å². The number of sulfone groups is 1. The molecule has 2 unspecified atom stereocenters. The van der Waals surface area contributed by atoms with Crippen LogP contribution in [0.3, 0.4) is 0 Å². The van der Waals surface area contributed by atoms with Crippen LogP contribution >= 0.6 is 0 Å². The van der Waals surface area contributed by atoms with Crippen molar-refractivity contribution in [2.24, 2.45) is 5.92 Å². The topological polar surface area (TPSA) is 46.2 Å². The molecule has 0 saturated carbocycles. The van der Waals surface area contributed by atoms with Gasteiger partial charge in [0.25, 0.3) is 0 Å². The van der Waals surface area contributed by atoms with Gasteiger partial charge in [-0.05, 0) is 19.3 Å². The predicted octanol–water partition coefficient (Wildman–Crippen LogP) is 1.44. The Kier molecular flexibility index (Phi) is 5.67. The van der Waals surface area contributed by atoms with Crippen LogP contribution in [0.2, 0.25) is 0 Å². The smallest absolute Gasteiger partial charge is 0.148 e. The minimum atomic E-state index is -2.87. The molecule has 0 spiro atoms. The molecule has 0 aliphatic carbocycles.